The average molecular weight is 150 g/mol. The first-order chi connectivity index (χ1) is 5.50. The molecular formula is C11H18. The summed E-state index contributed by atoms with van der Waals surface area (Å²) in [5.74, 6) is 0. The number of rotatable bonds is 0. The van der Waals surface area contributed by atoms with Crippen LogP contribution in [0.15, 0.2) is 24.3 Å². The molecule has 0 aliphatic heterocycles. The molecule has 0 aromatic rings. The van der Waals surface area contributed by atoms with Crippen LogP contribution in [0.1, 0.15) is 44.9 Å². The molecule has 0 heteroatoms. The van der Waals surface area contributed by atoms with Gasteiger partial charge >= 0.3 is 0 Å². The van der Waals surface area contributed by atoms with Gasteiger partial charge in [0, 0.05) is 0 Å². The lowest BCUT2D eigenvalue weighted by molar-refractivity contribution is 0.696. The van der Waals surface area contributed by atoms with E-state index in [9.17, 15) is 0 Å². The molecular weight excluding hydrogens is 132 g/mol. The third-order valence-electron chi connectivity index (χ3n) is 2.07. The molecule has 0 heterocycles. The topological polar surface area (TPSA) is 0 Å². The molecule has 0 radical (unpaired) electrons. The Labute approximate surface area is 70.0 Å². The minimum Gasteiger partial charge on any atom is -0.0885 e. The highest BCUT2D eigenvalue weighted by Crippen LogP contribution is 2.07. The fourth-order valence-electron chi connectivity index (χ4n) is 1.37. The summed E-state index contributed by atoms with van der Waals surface area (Å²) in [7, 11) is 0. The Morgan fingerprint density at radius 3 is 1.45 bits per heavy atom. The molecule has 1 rings (SSSR count). The Balaban J connectivity index is 2.22. The molecule has 0 saturated heterocycles. The molecule has 62 valence electrons. The van der Waals surface area contributed by atoms with E-state index in [2.05, 4.69) is 24.3 Å². The van der Waals surface area contributed by atoms with Crippen molar-refractivity contribution in [2.75, 3.05) is 0 Å². The van der Waals surface area contributed by atoms with Crippen LogP contribution in [-0.4, -0.2) is 0 Å². The molecule has 0 amide bonds. The number of hydrogen-bond acceptors (Lipinski definition) is 0. The lowest BCUT2D eigenvalue weighted by Gasteiger charge is -1.93. The standard InChI is InChI=1S/C11H18/c1-2-4-6-8-10-11-9-7-5-3-1/h1-2,7,9H,3-6,8,10-11H2. The smallest absolute Gasteiger partial charge is 0.0316 e. The fourth-order valence-corrected chi connectivity index (χ4v) is 1.37. The summed E-state index contributed by atoms with van der Waals surface area (Å²) in [6, 6.07) is 0. The summed E-state index contributed by atoms with van der Waals surface area (Å²) in [6.45, 7) is 0. The average Bonchev–Trinajstić information content (AvgIpc) is 2.08. The predicted molar refractivity (Wildman–Crippen MR) is 50.6 cm³/mol. The Bertz CT molecular complexity index is 115. The zero-order chi connectivity index (χ0) is 7.78. The van der Waals surface area contributed by atoms with Crippen molar-refractivity contribution in [2.45, 2.75) is 44.9 Å². The van der Waals surface area contributed by atoms with E-state index < -0.39 is 0 Å². The molecule has 0 fully saturated rings. The Kier molecular flexibility index (Phi) is 4.84. The molecule has 0 nitrogen and oxygen atoms in total. The van der Waals surface area contributed by atoms with E-state index in [1.165, 1.54) is 44.9 Å². The van der Waals surface area contributed by atoms with Crippen molar-refractivity contribution in [2.24, 2.45) is 0 Å². The molecule has 0 aromatic heterocycles. The highest BCUT2D eigenvalue weighted by Gasteiger charge is 1.87. The van der Waals surface area contributed by atoms with Gasteiger partial charge in [-0.25, -0.2) is 0 Å². The maximum Gasteiger partial charge on any atom is -0.0316 e. The van der Waals surface area contributed by atoms with Gasteiger partial charge in [0.25, 0.3) is 0 Å². The molecule has 0 spiro atoms. The molecule has 1 aliphatic rings. The van der Waals surface area contributed by atoms with Crippen molar-refractivity contribution in [1.29, 1.82) is 0 Å². The molecule has 1 aliphatic carbocycles. The van der Waals surface area contributed by atoms with Crippen molar-refractivity contribution in [1.82, 2.24) is 0 Å². The van der Waals surface area contributed by atoms with E-state index >= 15 is 0 Å². The predicted octanol–water partition coefficient (Wildman–Crippen LogP) is 3.84. The van der Waals surface area contributed by atoms with Gasteiger partial charge in [0.2, 0.25) is 0 Å². The third-order valence-corrected chi connectivity index (χ3v) is 2.07. The van der Waals surface area contributed by atoms with Crippen LogP contribution in [0, 0.1) is 0 Å². The summed E-state index contributed by atoms with van der Waals surface area (Å²) in [4.78, 5) is 0. The van der Waals surface area contributed by atoms with Crippen molar-refractivity contribution >= 4 is 0 Å². The van der Waals surface area contributed by atoms with Crippen LogP contribution in [-0.2, 0) is 0 Å². The van der Waals surface area contributed by atoms with E-state index in [1.54, 1.807) is 0 Å². The van der Waals surface area contributed by atoms with E-state index in [1.807, 2.05) is 0 Å². The Morgan fingerprint density at radius 2 is 0.909 bits per heavy atom. The Morgan fingerprint density at radius 1 is 0.455 bits per heavy atom. The van der Waals surface area contributed by atoms with Crippen LogP contribution < -0.4 is 0 Å². The van der Waals surface area contributed by atoms with Gasteiger partial charge in [-0.15, -0.1) is 0 Å². The summed E-state index contributed by atoms with van der Waals surface area (Å²) in [5, 5.41) is 0. The zero-order valence-corrected chi connectivity index (χ0v) is 7.26. The second-order valence-corrected chi connectivity index (χ2v) is 3.16. The molecule has 0 unspecified atom stereocenters. The largest absolute Gasteiger partial charge is 0.0885 e. The van der Waals surface area contributed by atoms with Gasteiger partial charge in [-0.1, -0.05) is 30.7 Å². The van der Waals surface area contributed by atoms with Crippen LogP contribution >= 0.6 is 0 Å². The van der Waals surface area contributed by atoms with Gasteiger partial charge in [-0.3, -0.25) is 0 Å². The maximum absolute atomic E-state index is 2.33. The minimum atomic E-state index is 1.23. The van der Waals surface area contributed by atoms with Crippen molar-refractivity contribution in [3.63, 3.8) is 0 Å². The van der Waals surface area contributed by atoms with Crippen LogP contribution in [0.5, 0.6) is 0 Å². The number of hydrogen-bond donors (Lipinski definition) is 0. The van der Waals surface area contributed by atoms with Gasteiger partial charge in [0.1, 0.15) is 0 Å². The van der Waals surface area contributed by atoms with E-state index in [-0.39, 0.29) is 0 Å². The monoisotopic (exact) mass is 150 g/mol. The molecule has 0 N–H and O–H groups in total. The maximum atomic E-state index is 2.33. The van der Waals surface area contributed by atoms with Gasteiger partial charge in [0.15, 0.2) is 0 Å². The molecule has 0 atom stereocenters. The van der Waals surface area contributed by atoms with E-state index in [0.717, 1.165) is 0 Å². The molecule has 0 saturated carbocycles. The lowest BCUT2D eigenvalue weighted by atomic mass is 10.1. The van der Waals surface area contributed by atoms with Gasteiger partial charge in [0.05, 0.1) is 0 Å². The summed E-state index contributed by atoms with van der Waals surface area (Å²) in [5.41, 5.74) is 0. The van der Waals surface area contributed by atoms with Gasteiger partial charge < -0.3 is 0 Å². The van der Waals surface area contributed by atoms with Crippen LogP contribution in [0.4, 0.5) is 0 Å². The normalized spacial score (nSPS) is 21.1. The van der Waals surface area contributed by atoms with Crippen molar-refractivity contribution in [3.05, 3.63) is 24.3 Å². The van der Waals surface area contributed by atoms with Crippen molar-refractivity contribution < 1.29 is 0 Å². The second kappa shape index (κ2) is 6.21. The summed E-state index contributed by atoms with van der Waals surface area (Å²) >= 11 is 0. The summed E-state index contributed by atoms with van der Waals surface area (Å²) in [6.07, 6.45) is 18.5. The number of allylic oxidation sites excluding steroid dienone is 4. The first-order valence-electron chi connectivity index (χ1n) is 4.80. The minimum absolute atomic E-state index is 1.23. The Hall–Kier alpha value is -0.520. The molecule has 0 bridgehead atoms. The van der Waals surface area contributed by atoms with E-state index in [4.69, 9.17) is 0 Å². The fraction of sp³-hybridized carbons (Fsp3) is 0.636. The quantitative estimate of drug-likeness (QED) is 0.460. The SMILES string of the molecule is C1=CCCCCCC=CCC1. The van der Waals surface area contributed by atoms with Gasteiger partial charge in [-0.05, 0) is 38.5 Å². The second-order valence-electron chi connectivity index (χ2n) is 3.16. The van der Waals surface area contributed by atoms with Crippen LogP contribution in [0.2, 0.25) is 0 Å². The first-order valence-corrected chi connectivity index (χ1v) is 4.80. The zero-order valence-electron chi connectivity index (χ0n) is 7.26. The first kappa shape index (κ1) is 8.58. The lowest BCUT2D eigenvalue weighted by Crippen LogP contribution is -1.73. The summed E-state index contributed by atoms with van der Waals surface area (Å²) < 4.78 is 0. The highest BCUT2D eigenvalue weighted by atomic mass is 13.9. The van der Waals surface area contributed by atoms with Crippen molar-refractivity contribution in [3.8, 4) is 0 Å². The van der Waals surface area contributed by atoms with Crippen LogP contribution in [0.3, 0.4) is 0 Å². The van der Waals surface area contributed by atoms with Gasteiger partial charge in [-0.2, -0.15) is 0 Å². The van der Waals surface area contributed by atoms with E-state index in [0.29, 0.717) is 0 Å². The molecule has 0 aromatic carbocycles. The van der Waals surface area contributed by atoms with Crippen LogP contribution in [0.25, 0.3) is 0 Å². The third kappa shape index (κ3) is 4.83. The molecule has 11 heavy (non-hydrogen) atoms. The highest BCUT2D eigenvalue weighted by molar-refractivity contribution is 4.88.